The molecule has 0 radical (unpaired) electrons. The Morgan fingerprint density at radius 1 is 1.33 bits per heavy atom. The van der Waals surface area contributed by atoms with Crippen molar-refractivity contribution in [3.8, 4) is 5.75 Å². The third-order valence-electron chi connectivity index (χ3n) is 1.44. The van der Waals surface area contributed by atoms with Crippen LogP contribution in [0.15, 0.2) is 24.3 Å². The van der Waals surface area contributed by atoms with Gasteiger partial charge in [0.2, 0.25) is 0 Å². The Morgan fingerprint density at radius 2 is 1.83 bits per heavy atom. The number of rotatable bonds is 2. The molecule has 1 aromatic rings. The summed E-state index contributed by atoms with van der Waals surface area (Å²) in [5.41, 5.74) is 0.559. The summed E-state index contributed by atoms with van der Waals surface area (Å²) in [5, 5.41) is 16.6. The number of aliphatic carboxylic acids is 1. The number of phenolic OH excluding ortho intramolecular Hbond substituents is 1. The SMILES string of the molecule is O=C(O)C(S)c1ccc(O)cc1. The summed E-state index contributed by atoms with van der Waals surface area (Å²) in [5.74, 6) is -0.881. The van der Waals surface area contributed by atoms with Crippen LogP contribution in [-0.4, -0.2) is 16.2 Å². The van der Waals surface area contributed by atoms with Crippen molar-refractivity contribution in [3.05, 3.63) is 29.8 Å². The highest BCUT2D eigenvalue weighted by Gasteiger charge is 2.13. The number of aromatic hydroxyl groups is 1. The van der Waals surface area contributed by atoms with Gasteiger partial charge >= 0.3 is 5.97 Å². The van der Waals surface area contributed by atoms with Crippen LogP contribution in [0, 0.1) is 0 Å². The summed E-state index contributed by atoms with van der Waals surface area (Å²) in [6, 6.07) is 5.92. The van der Waals surface area contributed by atoms with Crippen molar-refractivity contribution in [2.24, 2.45) is 0 Å². The molecule has 0 saturated heterocycles. The maximum atomic E-state index is 10.4. The molecule has 0 spiro atoms. The highest BCUT2D eigenvalue weighted by atomic mass is 32.1. The van der Waals surface area contributed by atoms with E-state index in [4.69, 9.17) is 10.2 Å². The van der Waals surface area contributed by atoms with Gasteiger partial charge < -0.3 is 10.2 Å². The van der Waals surface area contributed by atoms with Crippen molar-refractivity contribution in [1.82, 2.24) is 0 Å². The van der Waals surface area contributed by atoms with E-state index in [1.54, 1.807) is 0 Å². The molecular weight excluding hydrogens is 176 g/mol. The van der Waals surface area contributed by atoms with Gasteiger partial charge in [-0.15, -0.1) is 0 Å². The number of hydrogen-bond donors (Lipinski definition) is 3. The fourth-order valence-electron chi connectivity index (χ4n) is 0.799. The number of benzene rings is 1. The second-order valence-electron chi connectivity index (χ2n) is 2.33. The fraction of sp³-hybridized carbons (Fsp3) is 0.125. The average Bonchev–Trinajstić information content (AvgIpc) is 2.04. The zero-order valence-corrected chi connectivity index (χ0v) is 7.03. The Labute approximate surface area is 75.1 Å². The van der Waals surface area contributed by atoms with Crippen molar-refractivity contribution in [1.29, 1.82) is 0 Å². The van der Waals surface area contributed by atoms with E-state index in [1.807, 2.05) is 0 Å². The van der Waals surface area contributed by atoms with Crippen molar-refractivity contribution in [3.63, 3.8) is 0 Å². The molecule has 1 unspecified atom stereocenters. The monoisotopic (exact) mass is 184 g/mol. The third-order valence-corrected chi connectivity index (χ3v) is 1.96. The summed E-state index contributed by atoms with van der Waals surface area (Å²) in [4.78, 5) is 10.4. The van der Waals surface area contributed by atoms with E-state index in [0.29, 0.717) is 5.56 Å². The zero-order chi connectivity index (χ0) is 9.14. The summed E-state index contributed by atoms with van der Waals surface area (Å²) < 4.78 is 0. The number of hydrogen-bond acceptors (Lipinski definition) is 3. The summed E-state index contributed by atoms with van der Waals surface area (Å²) in [6.45, 7) is 0. The van der Waals surface area contributed by atoms with Crippen LogP contribution in [0.1, 0.15) is 10.8 Å². The second kappa shape index (κ2) is 3.49. The van der Waals surface area contributed by atoms with Gasteiger partial charge in [-0.3, -0.25) is 4.79 Å². The molecule has 0 aliphatic rings. The Morgan fingerprint density at radius 3 is 2.25 bits per heavy atom. The van der Waals surface area contributed by atoms with Crippen LogP contribution in [0.3, 0.4) is 0 Å². The number of carboxylic acid groups (broad SMARTS) is 1. The molecule has 1 rings (SSSR count). The Bertz CT molecular complexity index is 281. The predicted octanol–water partition coefficient (Wildman–Crippen LogP) is 1.45. The van der Waals surface area contributed by atoms with Gasteiger partial charge in [-0.25, -0.2) is 0 Å². The molecule has 0 heterocycles. The van der Waals surface area contributed by atoms with Crippen molar-refractivity contribution < 1.29 is 15.0 Å². The molecule has 0 saturated carbocycles. The Balaban J connectivity index is 2.89. The minimum Gasteiger partial charge on any atom is -0.508 e. The summed E-state index contributed by atoms with van der Waals surface area (Å²) in [7, 11) is 0. The minimum absolute atomic E-state index is 0.115. The Hall–Kier alpha value is -1.16. The molecule has 0 aromatic heterocycles. The van der Waals surface area contributed by atoms with Gasteiger partial charge in [0, 0.05) is 0 Å². The highest BCUT2D eigenvalue weighted by molar-refractivity contribution is 7.81. The van der Waals surface area contributed by atoms with Gasteiger partial charge in [-0.05, 0) is 17.7 Å². The topological polar surface area (TPSA) is 57.5 Å². The molecule has 0 amide bonds. The lowest BCUT2D eigenvalue weighted by molar-refractivity contribution is -0.136. The first-order valence-corrected chi connectivity index (χ1v) is 3.82. The van der Waals surface area contributed by atoms with Crippen molar-refractivity contribution in [2.75, 3.05) is 0 Å². The van der Waals surface area contributed by atoms with Crippen LogP contribution in [0.25, 0.3) is 0 Å². The molecule has 1 atom stereocenters. The van der Waals surface area contributed by atoms with Crippen LogP contribution in [-0.2, 0) is 4.79 Å². The molecule has 2 N–H and O–H groups in total. The zero-order valence-electron chi connectivity index (χ0n) is 6.14. The quantitative estimate of drug-likeness (QED) is 0.610. The molecule has 1 aromatic carbocycles. The van der Waals surface area contributed by atoms with Gasteiger partial charge in [0.1, 0.15) is 11.0 Å². The van der Waals surface area contributed by atoms with Gasteiger partial charge in [0.15, 0.2) is 0 Å². The van der Waals surface area contributed by atoms with Crippen LogP contribution in [0.5, 0.6) is 5.75 Å². The van der Waals surface area contributed by atoms with E-state index >= 15 is 0 Å². The molecule has 12 heavy (non-hydrogen) atoms. The summed E-state index contributed by atoms with van der Waals surface area (Å²) in [6.07, 6.45) is 0. The van der Waals surface area contributed by atoms with Crippen molar-refractivity contribution >= 4 is 18.6 Å². The fourth-order valence-corrected chi connectivity index (χ4v) is 0.971. The number of thiol groups is 1. The van der Waals surface area contributed by atoms with Gasteiger partial charge in [0.05, 0.1) is 0 Å². The minimum atomic E-state index is -0.996. The largest absolute Gasteiger partial charge is 0.508 e. The van der Waals surface area contributed by atoms with Gasteiger partial charge in [-0.1, -0.05) is 12.1 Å². The summed E-state index contributed by atoms with van der Waals surface area (Å²) >= 11 is 3.87. The first-order valence-electron chi connectivity index (χ1n) is 3.31. The lowest BCUT2D eigenvalue weighted by Crippen LogP contribution is -2.04. The van der Waals surface area contributed by atoms with Crippen LogP contribution in [0.4, 0.5) is 0 Å². The van der Waals surface area contributed by atoms with Crippen LogP contribution < -0.4 is 0 Å². The average molecular weight is 184 g/mol. The van der Waals surface area contributed by atoms with E-state index in [2.05, 4.69) is 12.6 Å². The standard InChI is InChI=1S/C8H8O3S/c9-6-3-1-5(2-4-6)7(12)8(10)11/h1-4,7,9,12H,(H,10,11). The number of carbonyl (C=O) groups is 1. The van der Waals surface area contributed by atoms with E-state index in [9.17, 15) is 4.79 Å². The maximum absolute atomic E-state index is 10.4. The van der Waals surface area contributed by atoms with E-state index < -0.39 is 11.2 Å². The first kappa shape index (κ1) is 8.93. The normalized spacial score (nSPS) is 12.4. The van der Waals surface area contributed by atoms with E-state index in [0.717, 1.165) is 0 Å². The predicted molar refractivity (Wildman–Crippen MR) is 47.5 cm³/mol. The molecular formula is C8H8O3S. The van der Waals surface area contributed by atoms with Crippen LogP contribution >= 0.6 is 12.6 Å². The lowest BCUT2D eigenvalue weighted by Gasteiger charge is -2.04. The van der Waals surface area contributed by atoms with E-state index in [1.165, 1.54) is 24.3 Å². The lowest BCUT2D eigenvalue weighted by atomic mass is 10.1. The van der Waals surface area contributed by atoms with Crippen molar-refractivity contribution in [2.45, 2.75) is 5.25 Å². The Kier molecular flexibility index (Phi) is 2.60. The smallest absolute Gasteiger partial charge is 0.320 e. The molecule has 4 heteroatoms. The van der Waals surface area contributed by atoms with Gasteiger partial charge in [-0.2, -0.15) is 12.6 Å². The first-order chi connectivity index (χ1) is 5.61. The highest BCUT2D eigenvalue weighted by Crippen LogP contribution is 2.21. The molecule has 3 nitrogen and oxygen atoms in total. The third kappa shape index (κ3) is 1.92. The number of phenols is 1. The van der Waals surface area contributed by atoms with E-state index in [-0.39, 0.29) is 5.75 Å². The molecule has 64 valence electrons. The molecule has 0 aliphatic heterocycles. The molecule has 0 fully saturated rings. The van der Waals surface area contributed by atoms with Gasteiger partial charge in [0.25, 0.3) is 0 Å². The second-order valence-corrected chi connectivity index (χ2v) is 2.85. The number of carboxylic acids is 1. The maximum Gasteiger partial charge on any atom is 0.320 e. The van der Waals surface area contributed by atoms with Crippen LogP contribution in [0.2, 0.25) is 0 Å². The molecule has 0 aliphatic carbocycles. The molecule has 0 bridgehead atoms.